The van der Waals surface area contributed by atoms with Crippen molar-refractivity contribution >= 4 is 11.7 Å². The van der Waals surface area contributed by atoms with Crippen LogP contribution in [0.5, 0.6) is 0 Å². The smallest absolute Gasteiger partial charge is 0.250 e. The SMILES string of the molecule is NC(=O)c1ccc(NCCc2ccccc2F)nc1. The maximum Gasteiger partial charge on any atom is 0.250 e. The van der Waals surface area contributed by atoms with Gasteiger partial charge in [-0.25, -0.2) is 9.37 Å². The van der Waals surface area contributed by atoms with E-state index >= 15 is 0 Å². The van der Waals surface area contributed by atoms with Crippen LogP contribution in [0.3, 0.4) is 0 Å². The summed E-state index contributed by atoms with van der Waals surface area (Å²) in [6, 6.07) is 9.92. The summed E-state index contributed by atoms with van der Waals surface area (Å²) in [5, 5.41) is 3.06. The summed E-state index contributed by atoms with van der Waals surface area (Å²) in [5.41, 5.74) is 6.13. The predicted octanol–water partition coefficient (Wildman–Crippen LogP) is 1.97. The summed E-state index contributed by atoms with van der Waals surface area (Å²) in [5.74, 6) is -0.0897. The Morgan fingerprint density at radius 2 is 2.05 bits per heavy atom. The fraction of sp³-hybridized carbons (Fsp3) is 0.143. The highest BCUT2D eigenvalue weighted by molar-refractivity contribution is 5.92. The second-order valence-corrected chi connectivity index (χ2v) is 4.06. The second-order valence-electron chi connectivity index (χ2n) is 4.06. The van der Waals surface area contributed by atoms with Crippen molar-refractivity contribution in [1.29, 1.82) is 0 Å². The lowest BCUT2D eigenvalue weighted by Gasteiger charge is -2.06. The molecule has 0 aliphatic carbocycles. The van der Waals surface area contributed by atoms with Crippen LogP contribution in [-0.2, 0) is 6.42 Å². The van der Waals surface area contributed by atoms with Crippen molar-refractivity contribution < 1.29 is 9.18 Å². The lowest BCUT2D eigenvalue weighted by molar-refractivity contribution is 0.1000. The van der Waals surface area contributed by atoms with Gasteiger partial charge in [0, 0.05) is 12.7 Å². The molecule has 0 atom stereocenters. The molecule has 1 amide bonds. The number of anilines is 1. The number of carbonyl (C=O) groups is 1. The number of nitrogens with two attached hydrogens (primary N) is 1. The molecule has 2 aromatic rings. The van der Waals surface area contributed by atoms with E-state index in [4.69, 9.17) is 5.73 Å². The maximum atomic E-state index is 13.4. The molecule has 5 heteroatoms. The van der Waals surface area contributed by atoms with Gasteiger partial charge in [-0.1, -0.05) is 18.2 Å². The molecule has 0 fully saturated rings. The number of pyridine rings is 1. The van der Waals surface area contributed by atoms with E-state index < -0.39 is 5.91 Å². The minimum atomic E-state index is -0.509. The molecule has 0 aliphatic heterocycles. The van der Waals surface area contributed by atoms with Gasteiger partial charge in [-0.2, -0.15) is 0 Å². The number of hydrogen-bond acceptors (Lipinski definition) is 3. The van der Waals surface area contributed by atoms with Gasteiger partial charge in [-0.3, -0.25) is 4.79 Å². The molecule has 4 nitrogen and oxygen atoms in total. The highest BCUT2D eigenvalue weighted by atomic mass is 19.1. The molecule has 3 N–H and O–H groups in total. The summed E-state index contributed by atoms with van der Waals surface area (Å²) in [6.07, 6.45) is 1.97. The Hall–Kier alpha value is -2.43. The predicted molar refractivity (Wildman–Crippen MR) is 71.3 cm³/mol. The Balaban J connectivity index is 1.89. The summed E-state index contributed by atoms with van der Waals surface area (Å²) in [7, 11) is 0. The number of hydrogen-bond donors (Lipinski definition) is 2. The first-order chi connectivity index (χ1) is 9.16. The topological polar surface area (TPSA) is 68.0 Å². The highest BCUT2D eigenvalue weighted by Crippen LogP contribution is 2.08. The van der Waals surface area contributed by atoms with Crippen molar-refractivity contribution in [2.45, 2.75) is 6.42 Å². The van der Waals surface area contributed by atoms with Gasteiger partial charge in [0.2, 0.25) is 5.91 Å². The van der Waals surface area contributed by atoms with E-state index in [0.717, 1.165) is 0 Å². The van der Waals surface area contributed by atoms with Crippen LogP contribution >= 0.6 is 0 Å². The van der Waals surface area contributed by atoms with Crippen LogP contribution in [-0.4, -0.2) is 17.4 Å². The monoisotopic (exact) mass is 259 g/mol. The maximum absolute atomic E-state index is 13.4. The summed E-state index contributed by atoms with van der Waals surface area (Å²) in [4.78, 5) is 14.9. The Morgan fingerprint density at radius 1 is 1.26 bits per heavy atom. The molecular formula is C14H14FN3O. The van der Waals surface area contributed by atoms with Crippen molar-refractivity contribution in [2.24, 2.45) is 5.73 Å². The molecule has 0 radical (unpaired) electrons. The van der Waals surface area contributed by atoms with E-state index in [-0.39, 0.29) is 5.82 Å². The molecule has 0 saturated heterocycles. The molecule has 0 aliphatic rings. The summed E-state index contributed by atoms with van der Waals surface area (Å²) < 4.78 is 13.4. The lowest BCUT2D eigenvalue weighted by atomic mass is 10.1. The van der Waals surface area contributed by atoms with E-state index in [1.54, 1.807) is 30.3 Å². The molecule has 1 aromatic heterocycles. The zero-order valence-electron chi connectivity index (χ0n) is 10.3. The summed E-state index contributed by atoms with van der Waals surface area (Å²) >= 11 is 0. The zero-order valence-corrected chi connectivity index (χ0v) is 10.3. The fourth-order valence-corrected chi connectivity index (χ4v) is 1.67. The third kappa shape index (κ3) is 3.51. The first kappa shape index (κ1) is 13.0. The number of nitrogens with one attached hydrogen (secondary N) is 1. The zero-order chi connectivity index (χ0) is 13.7. The van der Waals surface area contributed by atoms with Crippen LogP contribution in [0, 0.1) is 5.82 Å². The number of carbonyl (C=O) groups excluding carboxylic acids is 1. The largest absolute Gasteiger partial charge is 0.370 e. The third-order valence-corrected chi connectivity index (χ3v) is 2.71. The van der Waals surface area contributed by atoms with Crippen LogP contribution in [0.1, 0.15) is 15.9 Å². The number of nitrogens with zero attached hydrogens (tertiary/aromatic N) is 1. The number of aromatic nitrogens is 1. The number of amides is 1. The van der Waals surface area contributed by atoms with Crippen molar-refractivity contribution in [1.82, 2.24) is 4.98 Å². The van der Waals surface area contributed by atoms with Crippen molar-refractivity contribution in [2.75, 3.05) is 11.9 Å². The van der Waals surface area contributed by atoms with Gasteiger partial charge in [-0.15, -0.1) is 0 Å². The minimum Gasteiger partial charge on any atom is -0.370 e. The van der Waals surface area contributed by atoms with Gasteiger partial charge >= 0.3 is 0 Å². The van der Waals surface area contributed by atoms with Gasteiger partial charge in [0.1, 0.15) is 11.6 Å². The average Bonchev–Trinajstić information content (AvgIpc) is 2.41. The van der Waals surface area contributed by atoms with Crippen molar-refractivity contribution in [3.8, 4) is 0 Å². The van der Waals surface area contributed by atoms with Gasteiger partial charge in [0.25, 0.3) is 0 Å². The number of halogens is 1. The van der Waals surface area contributed by atoms with Crippen LogP contribution in [0.25, 0.3) is 0 Å². The minimum absolute atomic E-state index is 0.207. The standard InChI is InChI=1S/C14H14FN3O/c15-12-4-2-1-3-10(12)7-8-17-13-6-5-11(9-18-13)14(16)19/h1-6,9H,7-8H2,(H2,16,19)(H,17,18). The number of benzene rings is 1. The van der Waals surface area contributed by atoms with E-state index in [9.17, 15) is 9.18 Å². The first-order valence-electron chi connectivity index (χ1n) is 5.90. The molecule has 19 heavy (non-hydrogen) atoms. The van der Waals surface area contributed by atoms with Gasteiger partial charge in [0.05, 0.1) is 5.56 Å². The van der Waals surface area contributed by atoms with E-state index in [1.807, 2.05) is 0 Å². The normalized spacial score (nSPS) is 10.2. The molecule has 2 rings (SSSR count). The van der Waals surface area contributed by atoms with Crippen molar-refractivity contribution in [3.63, 3.8) is 0 Å². The van der Waals surface area contributed by atoms with E-state index in [1.165, 1.54) is 12.3 Å². The van der Waals surface area contributed by atoms with E-state index in [2.05, 4.69) is 10.3 Å². The Labute approximate surface area is 110 Å². The third-order valence-electron chi connectivity index (χ3n) is 2.71. The lowest BCUT2D eigenvalue weighted by Crippen LogP contribution is -2.12. The van der Waals surface area contributed by atoms with Gasteiger partial charge in [0.15, 0.2) is 0 Å². The molecular weight excluding hydrogens is 245 g/mol. The fourth-order valence-electron chi connectivity index (χ4n) is 1.67. The van der Waals surface area contributed by atoms with Gasteiger partial charge in [-0.05, 0) is 30.2 Å². The molecule has 0 spiro atoms. The average molecular weight is 259 g/mol. The van der Waals surface area contributed by atoms with Crippen molar-refractivity contribution in [3.05, 3.63) is 59.5 Å². The van der Waals surface area contributed by atoms with Crippen LogP contribution in [0.4, 0.5) is 10.2 Å². The number of rotatable bonds is 5. The van der Waals surface area contributed by atoms with Crippen LogP contribution in [0.15, 0.2) is 42.6 Å². The van der Waals surface area contributed by atoms with Gasteiger partial charge < -0.3 is 11.1 Å². The quantitative estimate of drug-likeness (QED) is 0.862. The Morgan fingerprint density at radius 3 is 2.68 bits per heavy atom. The highest BCUT2D eigenvalue weighted by Gasteiger charge is 2.02. The molecule has 1 heterocycles. The second kappa shape index (κ2) is 5.95. The first-order valence-corrected chi connectivity index (χ1v) is 5.90. The van der Waals surface area contributed by atoms with Crippen LogP contribution in [0.2, 0.25) is 0 Å². The Bertz CT molecular complexity index is 569. The molecule has 1 aromatic carbocycles. The molecule has 98 valence electrons. The van der Waals surface area contributed by atoms with E-state index in [0.29, 0.717) is 29.9 Å². The molecule has 0 unspecified atom stereocenters. The Kier molecular flexibility index (Phi) is 4.07. The molecule has 0 saturated carbocycles. The van der Waals surface area contributed by atoms with Crippen LogP contribution < -0.4 is 11.1 Å². The molecule has 0 bridgehead atoms. The number of primary amides is 1. The summed E-state index contributed by atoms with van der Waals surface area (Å²) in [6.45, 7) is 0.559.